The molecule has 204 valence electrons. The number of nitrogens with one attached hydrogen (secondary N) is 1. The normalized spacial score (nSPS) is 12.2. The molecule has 2 amide bonds. The van der Waals surface area contributed by atoms with Gasteiger partial charge in [0.05, 0.1) is 24.1 Å². The summed E-state index contributed by atoms with van der Waals surface area (Å²) in [5.41, 5.74) is 0.874. The van der Waals surface area contributed by atoms with Crippen LogP contribution in [0.4, 0.5) is 5.69 Å². The van der Waals surface area contributed by atoms with Gasteiger partial charge in [0.25, 0.3) is 0 Å². The van der Waals surface area contributed by atoms with E-state index in [0.717, 1.165) is 6.26 Å². The van der Waals surface area contributed by atoms with Crippen LogP contribution in [0.1, 0.15) is 39.2 Å². The molecule has 0 aliphatic rings. The molecule has 0 bridgehead atoms. The maximum atomic E-state index is 13.4. The molecule has 0 fully saturated rings. The highest BCUT2D eigenvalue weighted by Crippen LogP contribution is 2.31. The van der Waals surface area contributed by atoms with Crippen LogP contribution in [-0.2, 0) is 26.2 Å². The number of rotatable bonds is 12. The average Bonchev–Trinajstić information content (AvgIpc) is 2.80. The zero-order valence-corrected chi connectivity index (χ0v) is 24.5. The van der Waals surface area contributed by atoms with Crippen LogP contribution in [0.2, 0.25) is 15.1 Å². The second-order valence-electron chi connectivity index (χ2n) is 8.82. The van der Waals surface area contributed by atoms with Crippen molar-refractivity contribution >= 4 is 62.3 Å². The molecular formula is C25H32Cl3N3O5S. The number of hydrogen-bond donors (Lipinski definition) is 1. The number of ether oxygens (including phenoxy) is 1. The molecule has 0 saturated heterocycles. The minimum atomic E-state index is -3.67. The van der Waals surface area contributed by atoms with Gasteiger partial charge in [-0.15, -0.1) is 0 Å². The Balaban J connectivity index is 2.24. The summed E-state index contributed by atoms with van der Waals surface area (Å²) in [6.07, 6.45) is 1.26. The first-order chi connectivity index (χ1) is 17.3. The lowest BCUT2D eigenvalue weighted by molar-refractivity contribution is -0.140. The van der Waals surface area contributed by atoms with Crippen LogP contribution in [0, 0.1) is 0 Å². The molecule has 0 heterocycles. The minimum Gasteiger partial charge on any atom is -0.495 e. The Hall–Kier alpha value is -2.20. The van der Waals surface area contributed by atoms with Crippen molar-refractivity contribution in [2.45, 2.75) is 52.2 Å². The van der Waals surface area contributed by atoms with Crippen molar-refractivity contribution in [1.29, 1.82) is 0 Å². The van der Waals surface area contributed by atoms with Crippen molar-refractivity contribution < 1.29 is 22.7 Å². The predicted molar refractivity (Wildman–Crippen MR) is 149 cm³/mol. The SMILES string of the molecule is COc1ccc(N(CCCC(=O)N(Cc2c(Cl)cccc2Cl)[C@@H](C)C(=O)NC(C)C)S(C)(=O)=O)cc1Cl. The number of anilines is 1. The third-order valence-corrected chi connectivity index (χ3v) is 7.76. The second kappa shape index (κ2) is 13.6. The van der Waals surface area contributed by atoms with Crippen LogP contribution in [0.3, 0.4) is 0 Å². The minimum absolute atomic E-state index is 0.0166. The fourth-order valence-electron chi connectivity index (χ4n) is 3.66. The highest BCUT2D eigenvalue weighted by Gasteiger charge is 2.28. The van der Waals surface area contributed by atoms with Crippen molar-refractivity contribution in [2.24, 2.45) is 0 Å². The van der Waals surface area contributed by atoms with Crippen LogP contribution < -0.4 is 14.4 Å². The van der Waals surface area contributed by atoms with E-state index in [1.165, 1.54) is 22.4 Å². The molecule has 0 saturated carbocycles. The summed E-state index contributed by atoms with van der Waals surface area (Å²) in [6.45, 7) is 5.33. The van der Waals surface area contributed by atoms with E-state index in [9.17, 15) is 18.0 Å². The van der Waals surface area contributed by atoms with Gasteiger partial charge in [-0.25, -0.2) is 8.42 Å². The van der Waals surface area contributed by atoms with Gasteiger partial charge < -0.3 is 15.0 Å². The molecule has 0 aliphatic heterocycles. The van der Waals surface area contributed by atoms with E-state index in [1.54, 1.807) is 37.3 Å². The van der Waals surface area contributed by atoms with Gasteiger partial charge in [-0.05, 0) is 57.5 Å². The number of benzene rings is 2. The van der Waals surface area contributed by atoms with E-state index in [2.05, 4.69) is 5.32 Å². The number of nitrogens with zero attached hydrogens (tertiary/aromatic N) is 2. The Morgan fingerprint density at radius 2 is 1.65 bits per heavy atom. The van der Waals surface area contributed by atoms with Crippen LogP contribution >= 0.6 is 34.8 Å². The Kier molecular flexibility index (Phi) is 11.4. The lowest BCUT2D eigenvalue weighted by atomic mass is 10.1. The van der Waals surface area contributed by atoms with Crippen LogP contribution in [0.15, 0.2) is 36.4 Å². The maximum absolute atomic E-state index is 13.4. The van der Waals surface area contributed by atoms with Gasteiger partial charge in [0.15, 0.2) is 0 Å². The Morgan fingerprint density at radius 3 is 2.16 bits per heavy atom. The molecule has 0 aliphatic carbocycles. The summed E-state index contributed by atoms with van der Waals surface area (Å²) < 4.78 is 31.3. The molecule has 37 heavy (non-hydrogen) atoms. The first-order valence-corrected chi connectivity index (χ1v) is 14.6. The summed E-state index contributed by atoms with van der Waals surface area (Å²) >= 11 is 18.8. The Bertz CT molecular complexity index is 1200. The number of halogens is 3. The fraction of sp³-hybridized carbons (Fsp3) is 0.440. The number of amides is 2. The smallest absolute Gasteiger partial charge is 0.242 e. The molecule has 2 aromatic rings. The van der Waals surface area contributed by atoms with Gasteiger partial charge in [0.1, 0.15) is 11.8 Å². The largest absolute Gasteiger partial charge is 0.495 e. The summed E-state index contributed by atoms with van der Waals surface area (Å²) in [5.74, 6) is -0.252. The van der Waals surface area contributed by atoms with Gasteiger partial charge in [-0.1, -0.05) is 40.9 Å². The molecule has 0 spiro atoms. The van der Waals surface area contributed by atoms with E-state index in [1.807, 2.05) is 13.8 Å². The van der Waals surface area contributed by atoms with Crippen LogP contribution in [0.25, 0.3) is 0 Å². The van der Waals surface area contributed by atoms with E-state index < -0.39 is 16.1 Å². The van der Waals surface area contributed by atoms with Crippen molar-refractivity contribution in [1.82, 2.24) is 10.2 Å². The zero-order chi connectivity index (χ0) is 27.9. The predicted octanol–water partition coefficient (Wildman–Crippen LogP) is 5.14. The highest BCUT2D eigenvalue weighted by molar-refractivity contribution is 7.92. The molecule has 8 nitrogen and oxygen atoms in total. The van der Waals surface area contributed by atoms with Crippen LogP contribution in [0.5, 0.6) is 5.75 Å². The molecule has 12 heteroatoms. The van der Waals surface area contributed by atoms with Crippen LogP contribution in [-0.4, -0.2) is 57.1 Å². The number of carbonyl (C=O) groups excluding carboxylic acids is 2. The van der Waals surface area contributed by atoms with Crippen molar-refractivity contribution in [3.8, 4) is 5.75 Å². The van der Waals surface area contributed by atoms with E-state index in [0.29, 0.717) is 27.0 Å². The molecule has 1 atom stereocenters. The first-order valence-electron chi connectivity index (χ1n) is 11.6. The molecule has 1 N–H and O–H groups in total. The molecule has 2 rings (SSSR count). The van der Waals surface area contributed by atoms with E-state index >= 15 is 0 Å². The highest BCUT2D eigenvalue weighted by atomic mass is 35.5. The van der Waals surface area contributed by atoms with Crippen molar-refractivity contribution in [2.75, 3.05) is 24.2 Å². The standard InChI is InChI=1S/C25H32Cl3N3O5S/c1-16(2)29-25(33)17(3)30(15-19-20(26)8-6-9-21(19)27)24(32)10-7-13-31(37(5,34)35)18-11-12-23(36-4)22(28)14-18/h6,8-9,11-12,14,16-17H,7,10,13,15H2,1-5H3,(H,29,33)/t17-/m0/s1. The van der Waals surface area contributed by atoms with Crippen molar-refractivity contribution in [3.63, 3.8) is 0 Å². The van der Waals surface area contributed by atoms with Gasteiger partial charge in [0, 0.05) is 41.2 Å². The lowest BCUT2D eigenvalue weighted by Crippen LogP contribution is -2.49. The van der Waals surface area contributed by atoms with E-state index in [4.69, 9.17) is 39.5 Å². The Labute approximate surface area is 233 Å². The molecule has 0 aromatic heterocycles. The Morgan fingerprint density at radius 1 is 1.03 bits per heavy atom. The number of carbonyl (C=O) groups is 2. The third-order valence-electron chi connectivity index (χ3n) is 5.56. The summed E-state index contributed by atoms with van der Waals surface area (Å²) in [5, 5.41) is 3.83. The monoisotopic (exact) mass is 591 g/mol. The fourth-order valence-corrected chi connectivity index (χ4v) is 5.38. The number of sulfonamides is 1. The average molecular weight is 593 g/mol. The molecule has 0 radical (unpaired) electrons. The molecule has 2 aromatic carbocycles. The zero-order valence-electron chi connectivity index (χ0n) is 21.4. The number of hydrogen-bond acceptors (Lipinski definition) is 5. The van der Waals surface area contributed by atoms with Gasteiger partial charge >= 0.3 is 0 Å². The first kappa shape index (κ1) is 31.0. The van der Waals surface area contributed by atoms with Gasteiger partial charge in [-0.2, -0.15) is 0 Å². The van der Waals surface area contributed by atoms with Crippen molar-refractivity contribution in [3.05, 3.63) is 57.0 Å². The van der Waals surface area contributed by atoms with Gasteiger partial charge in [0.2, 0.25) is 21.8 Å². The second-order valence-corrected chi connectivity index (χ2v) is 11.9. The summed E-state index contributed by atoms with van der Waals surface area (Å²) in [6, 6.07) is 8.74. The van der Waals surface area contributed by atoms with E-state index in [-0.39, 0.29) is 48.8 Å². The molecular weight excluding hydrogens is 561 g/mol. The topological polar surface area (TPSA) is 96.0 Å². The number of methoxy groups -OCH3 is 1. The molecule has 0 unspecified atom stereocenters. The maximum Gasteiger partial charge on any atom is 0.242 e. The third kappa shape index (κ3) is 8.67. The quantitative estimate of drug-likeness (QED) is 0.368. The lowest BCUT2D eigenvalue weighted by Gasteiger charge is -2.30. The van der Waals surface area contributed by atoms with Gasteiger partial charge in [-0.3, -0.25) is 13.9 Å². The summed E-state index contributed by atoms with van der Waals surface area (Å²) in [7, 11) is -2.20. The summed E-state index contributed by atoms with van der Waals surface area (Å²) in [4.78, 5) is 27.5.